The molecule has 8 nitrogen and oxygen atoms in total. The Morgan fingerprint density at radius 2 is 1.86 bits per heavy atom. The first-order valence-electron chi connectivity index (χ1n) is 6.44. The fraction of sp³-hybridized carbons (Fsp3) is 0.231. The molecule has 21 heavy (non-hydrogen) atoms. The van der Waals surface area contributed by atoms with Crippen LogP contribution in [0.4, 0.5) is 11.5 Å². The smallest absolute Gasteiger partial charge is 0.281 e. The quantitative estimate of drug-likeness (QED) is 0.764. The Morgan fingerprint density at radius 1 is 1.14 bits per heavy atom. The van der Waals surface area contributed by atoms with Crippen LogP contribution in [0, 0.1) is 0 Å². The van der Waals surface area contributed by atoms with Crippen LogP contribution in [0.2, 0.25) is 0 Å². The highest BCUT2D eigenvalue weighted by Crippen LogP contribution is 2.20. The minimum Gasteiger partial charge on any atom is -0.379 e. The zero-order valence-electron chi connectivity index (χ0n) is 11.0. The Hall–Kier alpha value is -2.90. The van der Waals surface area contributed by atoms with E-state index in [-0.39, 0.29) is 17.4 Å². The van der Waals surface area contributed by atoms with Crippen molar-refractivity contribution in [3.63, 3.8) is 0 Å². The number of carbonyl (C=O) groups excluding carboxylic acids is 2. The molecule has 0 aliphatic heterocycles. The molecule has 1 aliphatic carbocycles. The highest BCUT2D eigenvalue weighted by molar-refractivity contribution is 6.05. The number of nitrogen functional groups attached to an aromatic ring is 1. The van der Waals surface area contributed by atoms with Crippen LogP contribution in [0.15, 0.2) is 28.9 Å². The molecule has 1 aliphatic rings. The molecular formula is C13H13N5O3. The Bertz CT molecular complexity index is 675. The number of nitrogens with one attached hydrogen (secondary N) is 2. The van der Waals surface area contributed by atoms with Gasteiger partial charge < -0.3 is 16.4 Å². The lowest BCUT2D eigenvalue weighted by Crippen LogP contribution is -2.25. The third-order valence-electron chi connectivity index (χ3n) is 3.05. The fourth-order valence-corrected chi connectivity index (χ4v) is 1.74. The van der Waals surface area contributed by atoms with Crippen LogP contribution in [0.5, 0.6) is 0 Å². The second kappa shape index (κ2) is 5.23. The predicted octanol–water partition coefficient (Wildman–Crippen LogP) is 0.796. The van der Waals surface area contributed by atoms with Gasteiger partial charge in [-0.15, -0.1) is 0 Å². The second-order valence-corrected chi connectivity index (χ2v) is 4.78. The van der Waals surface area contributed by atoms with Gasteiger partial charge in [-0.3, -0.25) is 9.59 Å². The van der Waals surface area contributed by atoms with Gasteiger partial charge in [0.15, 0.2) is 0 Å². The highest BCUT2D eigenvalue weighted by atomic mass is 16.6. The van der Waals surface area contributed by atoms with E-state index in [2.05, 4.69) is 25.6 Å². The van der Waals surface area contributed by atoms with E-state index in [1.165, 1.54) is 0 Å². The highest BCUT2D eigenvalue weighted by Gasteiger charge is 2.23. The molecule has 4 N–H and O–H groups in total. The maximum atomic E-state index is 11.8. The number of carbonyl (C=O) groups is 2. The zero-order chi connectivity index (χ0) is 14.8. The summed E-state index contributed by atoms with van der Waals surface area (Å²) in [7, 11) is 0. The van der Waals surface area contributed by atoms with Gasteiger partial charge in [-0.05, 0) is 47.4 Å². The van der Waals surface area contributed by atoms with E-state index in [4.69, 9.17) is 5.73 Å². The standard InChI is InChI=1S/C13H13N5O3/c14-11-10(17-21-18-11)13(20)16-8-3-1-7(2-4-8)12(19)15-9-5-6-9/h1-4,9H,5-6H2,(H2,14,18)(H,15,19)(H,16,20). The number of anilines is 2. The molecule has 0 saturated heterocycles. The predicted molar refractivity (Wildman–Crippen MR) is 73.6 cm³/mol. The lowest BCUT2D eigenvalue weighted by molar-refractivity contribution is 0.0950. The number of nitrogens with zero attached hydrogens (tertiary/aromatic N) is 2. The Kier molecular flexibility index (Phi) is 3.27. The average Bonchev–Trinajstić information content (AvgIpc) is 3.18. The van der Waals surface area contributed by atoms with E-state index in [1.54, 1.807) is 24.3 Å². The van der Waals surface area contributed by atoms with Gasteiger partial charge in [0.1, 0.15) is 0 Å². The number of nitrogens with two attached hydrogens (primary N) is 1. The summed E-state index contributed by atoms with van der Waals surface area (Å²) in [6.45, 7) is 0. The maximum Gasteiger partial charge on any atom is 0.281 e. The monoisotopic (exact) mass is 287 g/mol. The molecule has 1 aromatic heterocycles. The molecule has 0 spiro atoms. The van der Waals surface area contributed by atoms with Gasteiger partial charge in [0, 0.05) is 17.3 Å². The van der Waals surface area contributed by atoms with Gasteiger partial charge >= 0.3 is 0 Å². The summed E-state index contributed by atoms with van der Waals surface area (Å²) in [6, 6.07) is 6.84. The summed E-state index contributed by atoms with van der Waals surface area (Å²) >= 11 is 0. The minimum atomic E-state index is -0.524. The van der Waals surface area contributed by atoms with Crippen LogP contribution in [-0.2, 0) is 0 Å². The van der Waals surface area contributed by atoms with Crippen molar-refractivity contribution in [1.82, 2.24) is 15.6 Å². The first-order chi connectivity index (χ1) is 10.1. The minimum absolute atomic E-state index is 0.0760. The lowest BCUT2D eigenvalue weighted by atomic mass is 10.2. The van der Waals surface area contributed by atoms with Crippen LogP contribution in [0.1, 0.15) is 33.7 Å². The molecule has 2 aromatic rings. The molecule has 8 heteroatoms. The molecule has 1 aromatic carbocycles. The molecule has 0 bridgehead atoms. The molecule has 3 rings (SSSR count). The summed E-state index contributed by atoms with van der Waals surface area (Å²) < 4.78 is 4.36. The van der Waals surface area contributed by atoms with Crippen LogP contribution < -0.4 is 16.4 Å². The second-order valence-electron chi connectivity index (χ2n) is 4.78. The van der Waals surface area contributed by atoms with E-state index in [0.717, 1.165) is 12.8 Å². The largest absolute Gasteiger partial charge is 0.379 e. The van der Waals surface area contributed by atoms with E-state index >= 15 is 0 Å². The van der Waals surface area contributed by atoms with Crippen molar-refractivity contribution in [1.29, 1.82) is 0 Å². The van der Waals surface area contributed by atoms with E-state index in [9.17, 15) is 9.59 Å². The summed E-state index contributed by atoms with van der Waals surface area (Å²) in [5, 5.41) is 12.2. The molecule has 0 radical (unpaired) electrons. The molecule has 2 amide bonds. The van der Waals surface area contributed by atoms with Crippen molar-refractivity contribution in [2.75, 3.05) is 11.1 Å². The fourth-order valence-electron chi connectivity index (χ4n) is 1.74. The third-order valence-corrected chi connectivity index (χ3v) is 3.05. The molecule has 1 saturated carbocycles. The van der Waals surface area contributed by atoms with E-state index in [0.29, 0.717) is 17.3 Å². The lowest BCUT2D eigenvalue weighted by Gasteiger charge is -2.06. The van der Waals surface area contributed by atoms with Crippen molar-refractivity contribution in [2.45, 2.75) is 18.9 Å². The van der Waals surface area contributed by atoms with Gasteiger partial charge in [0.05, 0.1) is 0 Å². The van der Waals surface area contributed by atoms with Crippen LogP contribution in [0.3, 0.4) is 0 Å². The molecule has 0 atom stereocenters. The number of hydrogen-bond acceptors (Lipinski definition) is 6. The number of amides is 2. The molecule has 108 valence electrons. The summed E-state index contributed by atoms with van der Waals surface area (Å²) in [5.74, 6) is -0.711. The number of benzene rings is 1. The summed E-state index contributed by atoms with van der Waals surface area (Å²) in [6.07, 6.45) is 2.07. The normalized spacial score (nSPS) is 13.7. The van der Waals surface area contributed by atoms with Crippen LogP contribution >= 0.6 is 0 Å². The van der Waals surface area contributed by atoms with Crippen molar-refractivity contribution in [2.24, 2.45) is 0 Å². The summed E-state index contributed by atoms with van der Waals surface area (Å²) in [5.41, 5.74) is 6.41. The summed E-state index contributed by atoms with van der Waals surface area (Å²) in [4.78, 5) is 23.7. The van der Waals surface area contributed by atoms with Crippen molar-refractivity contribution in [3.05, 3.63) is 35.5 Å². The van der Waals surface area contributed by atoms with Gasteiger partial charge in [-0.2, -0.15) is 0 Å². The van der Waals surface area contributed by atoms with Crippen molar-refractivity contribution in [3.8, 4) is 0 Å². The maximum absolute atomic E-state index is 11.8. The molecule has 1 fully saturated rings. The first-order valence-corrected chi connectivity index (χ1v) is 6.44. The number of aromatic nitrogens is 2. The van der Waals surface area contributed by atoms with Crippen molar-refractivity contribution < 1.29 is 14.2 Å². The topological polar surface area (TPSA) is 123 Å². The van der Waals surface area contributed by atoms with Gasteiger partial charge in [-0.1, -0.05) is 0 Å². The Balaban J connectivity index is 1.65. The van der Waals surface area contributed by atoms with Crippen molar-refractivity contribution >= 4 is 23.3 Å². The zero-order valence-corrected chi connectivity index (χ0v) is 11.0. The third kappa shape index (κ3) is 2.99. The van der Waals surface area contributed by atoms with Crippen LogP contribution in [-0.4, -0.2) is 28.2 Å². The van der Waals surface area contributed by atoms with Crippen LogP contribution in [0.25, 0.3) is 0 Å². The SMILES string of the molecule is Nc1nonc1C(=O)Nc1ccc(C(=O)NC2CC2)cc1. The number of rotatable bonds is 4. The van der Waals surface area contributed by atoms with Gasteiger partial charge in [0.2, 0.25) is 11.5 Å². The Morgan fingerprint density at radius 3 is 2.43 bits per heavy atom. The first kappa shape index (κ1) is 13.1. The molecular weight excluding hydrogens is 274 g/mol. The van der Waals surface area contributed by atoms with E-state index in [1.807, 2.05) is 0 Å². The van der Waals surface area contributed by atoms with E-state index < -0.39 is 5.91 Å². The number of hydrogen-bond donors (Lipinski definition) is 3. The molecule has 0 unspecified atom stereocenters. The van der Waals surface area contributed by atoms with Gasteiger partial charge in [0.25, 0.3) is 11.8 Å². The Labute approximate surface area is 119 Å². The molecule has 1 heterocycles. The van der Waals surface area contributed by atoms with Gasteiger partial charge in [-0.25, -0.2) is 4.63 Å². The average molecular weight is 287 g/mol.